The summed E-state index contributed by atoms with van der Waals surface area (Å²) in [5.41, 5.74) is 0. The van der Waals surface area contributed by atoms with Gasteiger partial charge in [-0.1, -0.05) is 12.1 Å². The lowest BCUT2D eigenvalue weighted by Crippen LogP contribution is -2.36. The van der Waals surface area contributed by atoms with E-state index in [1.54, 1.807) is 34.8 Å². The van der Waals surface area contributed by atoms with Gasteiger partial charge in [-0.25, -0.2) is 0 Å². The quantitative estimate of drug-likeness (QED) is 0.770. The summed E-state index contributed by atoms with van der Waals surface area (Å²) in [6.45, 7) is 2.52. The van der Waals surface area contributed by atoms with Gasteiger partial charge in [0.15, 0.2) is 0 Å². The molecule has 1 saturated heterocycles. The molecule has 4 nitrogen and oxygen atoms in total. The second-order valence-corrected chi connectivity index (χ2v) is 7.66. The van der Waals surface area contributed by atoms with Crippen LogP contribution in [0.4, 0.5) is 0 Å². The molecular weight excluding hydrogens is 352 g/mol. The molecule has 0 aromatic carbocycles. The first kappa shape index (κ1) is 17.6. The van der Waals surface area contributed by atoms with E-state index in [4.69, 9.17) is 0 Å². The Morgan fingerprint density at radius 3 is 1.68 bits per heavy atom. The molecule has 0 aliphatic carbocycles. The second kappa shape index (κ2) is 8.78. The molecule has 1 aliphatic heterocycles. The standard InChI is InChI=1S/C19H20N2O2S2/c22-18(8-6-16-4-1-14-24-16)20-10-3-11-21(13-12-20)19(23)9-7-17-5-2-15-25-17/h1-2,4-9,14-15H,3,10-13H2. The molecule has 1 aliphatic rings. The van der Waals surface area contributed by atoms with Crippen LogP contribution in [0.5, 0.6) is 0 Å². The third-order valence-corrected chi connectivity index (χ3v) is 5.66. The molecule has 0 bridgehead atoms. The molecule has 6 heteroatoms. The average molecular weight is 373 g/mol. The van der Waals surface area contributed by atoms with Crippen LogP contribution >= 0.6 is 22.7 Å². The monoisotopic (exact) mass is 372 g/mol. The van der Waals surface area contributed by atoms with Crippen molar-refractivity contribution in [1.82, 2.24) is 9.80 Å². The van der Waals surface area contributed by atoms with Crippen LogP contribution in [0, 0.1) is 0 Å². The molecule has 1 fully saturated rings. The van der Waals surface area contributed by atoms with Crippen molar-refractivity contribution < 1.29 is 9.59 Å². The van der Waals surface area contributed by atoms with Crippen molar-refractivity contribution in [2.24, 2.45) is 0 Å². The second-order valence-electron chi connectivity index (χ2n) is 5.70. The van der Waals surface area contributed by atoms with Crippen molar-refractivity contribution >= 4 is 46.6 Å². The Balaban J connectivity index is 1.53. The van der Waals surface area contributed by atoms with Gasteiger partial charge in [-0.05, 0) is 41.5 Å². The molecule has 3 rings (SSSR count). The van der Waals surface area contributed by atoms with Crippen LogP contribution in [-0.2, 0) is 9.59 Å². The molecule has 2 aromatic rings. The number of amides is 2. The number of hydrogen-bond acceptors (Lipinski definition) is 4. The van der Waals surface area contributed by atoms with Gasteiger partial charge in [0.1, 0.15) is 0 Å². The third kappa shape index (κ3) is 5.14. The molecule has 0 N–H and O–H groups in total. The number of carbonyl (C=O) groups excluding carboxylic acids is 2. The van der Waals surface area contributed by atoms with E-state index in [0.717, 1.165) is 16.2 Å². The van der Waals surface area contributed by atoms with Gasteiger partial charge in [-0.15, -0.1) is 22.7 Å². The normalized spacial score (nSPS) is 15.8. The van der Waals surface area contributed by atoms with Crippen LogP contribution in [-0.4, -0.2) is 47.8 Å². The van der Waals surface area contributed by atoms with Gasteiger partial charge in [-0.2, -0.15) is 0 Å². The van der Waals surface area contributed by atoms with E-state index in [-0.39, 0.29) is 11.8 Å². The van der Waals surface area contributed by atoms with E-state index in [1.165, 1.54) is 0 Å². The highest BCUT2D eigenvalue weighted by molar-refractivity contribution is 7.11. The zero-order chi connectivity index (χ0) is 17.5. The van der Waals surface area contributed by atoms with Crippen LogP contribution in [0.3, 0.4) is 0 Å². The predicted octanol–water partition coefficient (Wildman–Crippen LogP) is 3.60. The largest absolute Gasteiger partial charge is 0.337 e. The van der Waals surface area contributed by atoms with Crippen molar-refractivity contribution in [3.05, 3.63) is 56.9 Å². The Labute approximate surface area is 155 Å². The van der Waals surface area contributed by atoms with Gasteiger partial charge in [0, 0.05) is 48.1 Å². The minimum absolute atomic E-state index is 0.0110. The van der Waals surface area contributed by atoms with Gasteiger partial charge in [-0.3, -0.25) is 9.59 Å². The molecule has 0 spiro atoms. The first-order valence-electron chi connectivity index (χ1n) is 8.23. The fourth-order valence-electron chi connectivity index (χ4n) is 2.65. The van der Waals surface area contributed by atoms with Crippen LogP contribution < -0.4 is 0 Å². The topological polar surface area (TPSA) is 40.6 Å². The molecule has 2 aromatic heterocycles. The fraction of sp³-hybridized carbons (Fsp3) is 0.263. The van der Waals surface area contributed by atoms with Gasteiger partial charge < -0.3 is 9.80 Å². The number of thiophene rings is 2. The number of hydrogen-bond donors (Lipinski definition) is 0. The van der Waals surface area contributed by atoms with Gasteiger partial charge in [0.2, 0.25) is 11.8 Å². The van der Waals surface area contributed by atoms with E-state index in [1.807, 2.05) is 57.0 Å². The average Bonchev–Trinajstić information content (AvgIpc) is 3.27. The SMILES string of the molecule is O=C(C=Cc1cccs1)N1CCCN(C(=O)C=Cc2cccs2)CC1. The minimum Gasteiger partial charge on any atom is -0.337 e. The van der Waals surface area contributed by atoms with E-state index in [9.17, 15) is 9.59 Å². The number of nitrogens with zero attached hydrogens (tertiary/aromatic N) is 2. The minimum atomic E-state index is 0.0110. The third-order valence-electron chi connectivity index (χ3n) is 3.99. The van der Waals surface area contributed by atoms with Crippen LogP contribution in [0.15, 0.2) is 47.2 Å². The summed E-state index contributed by atoms with van der Waals surface area (Å²) in [5.74, 6) is 0.0219. The van der Waals surface area contributed by atoms with E-state index in [0.29, 0.717) is 26.2 Å². The Bertz CT molecular complexity index is 684. The maximum Gasteiger partial charge on any atom is 0.246 e. The summed E-state index contributed by atoms with van der Waals surface area (Å²) >= 11 is 3.21. The smallest absolute Gasteiger partial charge is 0.246 e. The van der Waals surface area contributed by atoms with Crippen LogP contribution in [0.25, 0.3) is 12.2 Å². The van der Waals surface area contributed by atoms with Crippen LogP contribution in [0.2, 0.25) is 0 Å². The van der Waals surface area contributed by atoms with Gasteiger partial charge >= 0.3 is 0 Å². The first-order chi connectivity index (χ1) is 12.2. The highest BCUT2D eigenvalue weighted by atomic mass is 32.1. The molecule has 130 valence electrons. The summed E-state index contributed by atoms with van der Waals surface area (Å²) in [6, 6.07) is 7.90. The van der Waals surface area contributed by atoms with Gasteiger partial charge in [0.05, 0.1) is 0 Å². The zero-order valence-electron chi connectivity index (χ0n) is 13.8. The van der Waals surface area contributed by atoms with Gasteiger partial charge in [0.25, 0.3) is 0 Å². The van der Waals surface area contributed by atoms with Crippen molar-refractivity contribution in [1.29, 1.82) is 0 Å². The molecule has 25 heavy (non-hydrogen) atoms. The maximum absolute atomic E-state index is 12.3. The van der Waals surface area contributed by atoms with Crippen molar-refractivity contribution in [3.8, 4) is 0 Å². The maximum atomic E-state index is 12.3. The van der Waals surface area contributed by atoms with Crippen LogP contribution in [0.1, 0.15) is 16.2 Å². The summed E-state index contributed by atoms with van der Waals surface area (Å²) in [7, 11) is 0. The molecule has 0 unspecified atom stereocenters. The van der Waals surface area contributed by atoms with Crippen molar-refractivity contribution in [2.45, 2.75) is 6.42 Å². The lowest BCUT2D eigenvalue weighted by atomic mass is 10.3. The lowest BCUT2D eigenvalue weighted by molar-refractivity contribution is -0.128. The summed E-state index contributed by atoms with van der Waals surface area (Å²) in [4.78, 5) is 30.4. The summed E-state index contributed by atoms with van der Waals surface area (Å²) in [5, 5.41) is 3.98. The fourth-order valence-corrected chi connectivity index (χ4v) is 3.88. The Kier molecular flexibility index (Phi) is 6.19. The number of rotatable bonds is 4. The predicted molar refractivity (Wildman–Crippen MR) is 104 cm³/mol. The Morgan fingerprint density at radius 1 is 0.800 bits per heavy atom. The molecule has 0 radical (unpaired) electrons. The lowest BCUT2D eigenvalue weighted by Gasteiger charge is -2.20. The molecule has 2 amide bonds. The summed E-state index contributed by atoms with van der Waals surface area (Å²) in [6.07, 6.45) is 7.76. The molecule has 0 atom stereocenters. The molecule has 0 saturated carbocycles. The Hall–Kier alpha value is -2.18. The van der Waals surface area contributed by atoms with E-state index in [2.05, 4.69) is 0 Å². The molecular formula is C19H20N2O2S2. The Morgan fingerprint density at radius 2 is 1.28 bits per heavy atom. The first-order valence-corrected chi connectivity index (χ1v) is 9.99. The van der Waals surface area contributed by atoms with E-state index >= 15 is 0 Å². The highest BCUT2D eigenvalue weighted by Crippen LogP contribution is 2.13. The highest BCUT2D eigenvalue weighted by Gasteiger charge is 2.19. The van der Waals surface area contributed by atoms with Crippen molar-refractivity contribution in [3.63, 3.8) is 0 Å². The zero-order valence-corrected chi connectivity index (χ0v) is 15.5. The van der Waals surface area contributed by atoms with E-state index < -0.39 is 0 Å². The number of carbonyl (C=O) groups is 2. The van der Waals surface area contributed by atoms with Crippen molar-refractivity contribution in [2.75, 3.05) is 26.2 Å². The summed E-state index contributed by atoms with van der Waals surface area (Å²) < 4.78 is 0. The molecule has 3 heterocycles.